The summed E-state index contributed by atoms with van der Waals surface area (Å²) in [6.45, 7) is 0. The number of anilines is 2. The van der Waals surface area contributed by atoms with Gasteiger partial charge in [0.15, 0.2) is 0 Å². The average Bonchev–Trinajstić information content (AvgIpc) is 3.03. The van der Waals surface area contributed by atoms with Gasteiger partial charge in [-0.3, -0.25) is 10.1 Å². The van der Waals surface area contributed by atoms with Gasteiger partial charge in [-0.05, 0) is 36.4 Å². The van der Waals surface area contributed by atoms with Gasteiger partial charge in [-0.25, -0.2) is 0 Å². The molecule has 2 aromatic carbocycles. The monoisotopic (exact) mass is 280 g/mol. The molecular formula is C16H12N2O3. The van der Waals surface area contributed by atoms with Crippen molar-refractivity contribution in [1.29, 1.82) is 0 Å². The molecule has 0 atom stereocenters. The van der Waals surface area contributed by atoms with E-state index >= 15 is 0 Å². The summed E-state index contributed by atoms with van der Waals surface area (Å²) in [5.74, 6) is 0.601. The van der Waals surface area contributed by atoms with Crippen molar-refractivity contribution in [3.05, 3.63) is 77.0 Å². The lowest BCUT2D eigenvalue weighted by Gasteiger charge is -2.08. The highest BCUT2D eigenvalue weighted by atomic mass is 16.6. The lowest BCUT2D eigenvalue weighted by atomic mass is 10.1. The number of nitrogens with zero attached hydrogens (tertiary/aromatic N) is 1. The smallest absolute Gasteiger partial charge is 0.293 e. The van der Waals surface area contributed by atoms with E-state index in [0.29, 0.717) is 17.0 Å². The van der Waals surface area contributed by atoms with Gasteiger partial charge < -0.3 is 9.73 Å². The summed E-state index contributed by atoms with van der Waals surface area (Å²) < 4.78 is 5.27. The molecule has 0 amide bonds. The number of hydrogen-bond donors (Lipinski definition) is 1. The maximum Gasteiger partial charge on any atom is 0.293 e. The minimum absolute atomic E-state index is 0.00718. The molecule has 0 aliphatic rings. The highest BCUT2D eigenvalue weighted by Crippen LogP contribution is 2.32. The van der Waals surface area contributed by atoms with Crippen molar-refractivity contribution in [2.75, 3.05) is 5.32 Å². The summed E-state index contributed by atoms with van der Waals surface area (Å²) in [4.78, 5) is 10.9. The van der Waals surface area contributed by atoms with Gasteiger partial charge in [0, 0.05) is 17.3 Å². The minimum atomic E-state index is -0.405. The average molecular weight is 280 g/mol. The van der Waals surface area contributed by atoms with E-state index in [0.717, 1.165) is 5.69 Å². The number of para-hydroxylation sites is 1. The third-order valence-corrected chi connectivity index (χ3v) is 3.05. The Morgan fingerprint density at radius 1 is 1.00 bits per heavy atom. The molecule has 5 nitrogen and oxygen atoms in total. The van der Waals surface area contributed by atoms with Crippen LogP contribution in [-0.4, -0.2) is 4.92 Å². The largest absolute Gasteiger partial charge is 0.464 e. The van der Waals surface area contributed by atoms with E-state index in [1.54, 1.807) is 24.3 Å². The zero-order chi connectivity index (χ0) is 14.7. The lowest BCUT2D eigenvalue weighted by molar-refractivity contribution is -0.383. The van der Waals surface area contributed by atoms with Gasteiger partial charge in [-0.15, -0.1) is 0 Å². The molecule has 3 aromatic rings. The quantitative estimate of drug-likeness (QED) is 0.560. The van der Waals surface area contributed by atoms with E-state index in [2.05, 4.69) is 5.32 Å². The Kier molecular flexibility index (Phi) is 3.39. The van der Waals surface area contributed by atoms with Crippen LogP contribution < -0.4 is 5.32 Å². The zero-order valence-corrected chi connectivity index (χ0v) is 11.0. The van der Waals surface area contributed by atoms with Crippen molar-refractivity contribution in [2.45, 2.75) is 0 Å². The molecular weight excluding hydrogens is 268 g/mol. The lowest BCUT2D eigenvalue weighted by Crippen LogP contribution is -1.97. The topological polar surface area (TPSA) is 68.3 Å². The van der Waals surface area contributed by atoms with Gasteiger partial charge in [0.2, 0.25) is 0 Å². The molecule has 0 spiro atoms. The van der Waals surface area contributed by atoms with Crippen molar-refractivity contribution in [2.24, 2.45) is 0 Å². The molecule has 0 aliphatic carbocycles. The first-order valence-corrected chi connectivity index (χ1v) is 6.38. The summed E-state index contributed by atoms with van der Waals surface area (Å²) in [5, 5.41) is 14.3. The second-order valence-electron chi connectivity index (χ2n) is 4.46. The van der Waals surface area contributed by atoms with Crippen LogP contribution in [0.3, 0.4) is 0 Å². The van der Waals surface area contributed by atoms with E-state index in [4.69, 9.17) is 4.42 Å². The number of rotatable bonds is 4. The number of benzene rings is 2. The van der Waals surface area contributed by atoms with Crippen LogP contribution in [0.25, 0.3) is 11.3 Å². The molecule has 0 aliphatic heterocycles. The van der Waals surface area contributed by atoms with Crippen LogP contribution >= 0.6 is 0 Å². The third kappa shape index (κ3) is 2.76. The van der Waals surface area contributed by atoms with E-state index < -0.39 is 4.92 Å². The first-order valence-electron chi connectivity index (χ1n) is 6.38. The van der Waals surface area contributed by atoms with Gasteiger partial charge in [0.1, 0.15) is 11.4 Å². The second kappa shape index (κ2) is 5.50. The van der Waals surface area contributed by atoms with Crippen molar-refractivity contribution in [1.82, 2.24) is 0 Å². The van der Waals surface area contributed by atoms with Crippen LogP contribution in [0.15, 0.2) is 71.3 Å². The summed E-state index contributed by atoms with van der Waals surface area (Å²) in [6, 6.07) is 17.8. The Labute approximate surface area is 121 Å². The maximum absolute atomic E-state index is 11.3. The molecule has 0 radical (unpaired) electrons. The van der Waals surface area contributed by atoms with Crippen LogP contribution in [0.4, 0.5) is 17.1 Å². The second-order valence-corrected chi connectivity index (χ2v) is 4.46. The zero-order valence-electron chi connectivity index (χ0n) is 11.0. The molecule has 0 saturated carbocycles. The van der Waals surface area contributed by atoms with Crippen LogP contribution in [0.1, 0.15) is 0 Å². The molecule has 1 aromatic heterocycles. The van der Waals surface area contributed by atoms with E-state index in [1.165, 1.54) is 12.3 Å². The summed E-state index contributed by atoms with van der Waals surface area (Å²) in [5.41, 5.74) is 1.92. The molecule has 0 bridgehead atoms. The van der Waals surface area contributed by atoms with Crippen LogP contribution in [-0.2, 0) is 0 Å². The molecule has 1 N–H and O–H groups in total. The van der Waals surface area contributed by atoms with Gasteiger partial charge in [0.25, 0.3) is 5.69 Å². The van der Waals surface area contributed by atoms with Crippen LogP contribution in [0.2, 0.25) is 0 Å². The Morgan fingerprint density at radius 3 is 2.48 bits per heavy atom. The predicted molar refractivity (Wildman–Crippen MR) is 80.5 cm³/mol. The molecule has 0 fully saturated rings. The molecule has 0 saturated heterocycles. The molecule has 1 heterocycles. The number of furan rings is 1. The standard InChI is InChI=1S/C16H12N2O3/c19-18(20)15-11-12(16-7-4-10-21-16)8-9-14(15)17-13-5-2-1-3-6-13/h1-11,17H. The number of hydrogen-bond acceptors (Lipinski definition) is 4. The molecule has 3 rings (SSSR count). The highest BCUT2D eigenvalue weighted by molar-refractivity contribution is 5.74. The van der Waals surface area contributed by atoms with Gasteiger partial charge in [-0.1, -0.05) is 18.2 Å². The first kappa shape index (κ1) is 12.9. The molecule has 5 heteroatoms. The molecule has 21 heavy (non-hydrogen) atoms. The fourth-order valence-electron chi connectivity index (χ4n) is 2.06. The number of nitro groups is 1. The van der Waals surface area contributed by atoms with E-state index in [-0.39, 0.29) is 5.69 Å². The summed E-state index contributed by atoms with van der Waals surface area (Å²) in [7, 11) is 0. The van der Waals surface area contributed by atoms with Gasteiger partial charge in [-0.2, -0.15) is 0 Å². The van der Waals surface area contributed by atoms with Crippen LogP contribution in [0.5, 0.6) is 0 Å². The Balaban J connectivity index is 1.99. The number of nitro benzene ring substituents is 1. The summed E-state index contributed by atoms with van der Waals surface area (Å²) >= 11 is 0. The van der Waals surface area contributed by atoms with Gasteiger partial charge in [0.05, 0.1) is 11.2 Å². The number of nitrogens with one attached hydrogen (secondary N) is 1. The normalized spacial score (nSPS) is 10.3. The van der Waals surface area contributed by atoms with Gasteiger partial charge >= 0.3 is 0 Å². The van der Waals surface area contributed by atoms with Crippen molar-refractivity contribution in [3.63, 3.8) is 0 Å². The van der Waals surface area contributed by atoms with Crippen molar-refractivity contribution in [3.8, 4) is 11.3 Å². The van der Waals surface area contributed by atoms with Crippen LogP contribution in [0, 0.1) is 10.1 Å². The Morgan fingerprint density at radius 2 is 1.81 bits per heavy atom. The Bertz CT molecular complexity index is 752. The molecule has 104 valence electrons. The minimum Gasteiger partial charge on any atom is -0.464 e. The van der Waals surface area contributed by atoms with E-state index in [1.807, 2.05) is 30.3 Å². The Hall–Kier alpha value is -3.08. The predicted octanol–water partition coefficient (Wildman–Crippen LogP) is 4.60. The summed E-state index contributed by atoms with van der Waals surface area (Å²) in [6.07, 6.45) is 1.54. The first-order chi connectivity index (χ1) is 10.2. The highest BCUT2D eigenvalue weighted by Gasteiger charge is 2.16. The fraction of sp³-hybridized carbons (Fsp3) is 0. The van der Waals surface area contributed by atoms with E-state index in [9.17, 15) is 10.1 Å². The fourth-order valence-corrected chi connectivity index (χ4v) is 2.06. The molecule has 0 unspecified atom stereocenters. The third-order valence-electron chi connectivity index (χ3n) is 3.05. The van der Waals surface area contributed by atoms with Crippen molar-refractivity contribution < 1.29 is 9.34 Å². The maximum atomic E-state index is 11.3. The van der Waals surface area contributed by atoms with Crippen molar-refractivity contribution >= 4 is 17.1 Å². The SMILES string of the molecule is O=[N+]([O-])c1cc(-c2ccco2)ccc1Nc1ccccc1.